The third-order valence-corrected chi connectivity index (χ3v) is 6.03. The van der Waals surface area contributed by atoms with Crippen LogP contribution in [0.4, 0.5) is 0 Å². The lowest BCUT2D eigenvalue weighted by atomic mass is 9.98. The highest BCUT2D eigenvalue weighted by molar-refractivity contribution is 6.00. The number of H-pyrrole nitrogens is 1. The molecular formula is C27H24N2O6. The zero-order chi connectivity index (χ0) is 24.4. The van der Waals surface area contributed by atoms with E-state index in [1.165, 1.54) is 6.07 Å². The Labute approximate surface area is 201 Å². The number of ether oxygens (including phenoxy) is 2. The molecule has 0 unspecified atom stereocenters. The van der Waals surface area contributed by atoms with Crippen molar-refractivity contribution in [3.8, 4) is 22.6 Å². The van der Waals surface area contributed by atoms with Crippen molar-refractivity contribution in [2.45, 2.75) is 12.5 Å². The maximum absolute atomic E-state index is 13.4. The number of benzene rings is 3. The standard InChI is InChI=1S/C27H24N2O6/c30-15-20(11-19-14-28-23-7-2-1-6-21(19)23)29-26(31)22-12-18(13-24-25(22)35-9-8-34-24)16-4-3-5-17(10-16)27(32)33/h1-7,10,12-14,20,28,30H,8-9,11,15H2,(H,29,31)(H,32,33)/t20-/m1/s1. The Hall–Kier alpha value is -4.30. The summed E-state index contributed by atoms with van der Waals surface area (Å²) >= 11 is 0. The predicted octanol–water partition coefficient (Wildman–Crippen LogP) is 3.64. The van der Waals surface area contributed by atoms with Crippen LogP contribution in [0.3, 0.4) is 0 Å². The smallest absolute Gasteiger partial charge is 0.335 e. The average Bonchev–Trinajstić information content (AvgIpc) is 3.30. The molecule has 1 aliphatic heterocycles. The number of hydrogen-bond acceptors (Lipinski definition) is 5. The van der Waals surface area contributed by atoms with Crippen LogP contribution in [0.5, 0.6) is 11.5 Å². The van der Waals surface area contributed by atoms with Crippen molar-refractivity contribution in [1.82, 2.24) is 10.3 Å². The molecule has 0 fully saturated rings. The van der Waals surface area contributed by atoms with E-state index in [0.29, 0.717) is 42.3 Å². The van der Waals surface area contributed by atoms with Crippen molar-refractivity contribution >= 4 is 22.8 Å². The van der Waals surface area contributed by atoms with E-state index in [1.807, 2.05) is 30.5 Å². The van der Waals surface area contributed by atoms with Crippen molar-refractivity contribution in [1.29, 1.82) is 0 Å². The summed E-state index contributed by atoms with van der Waals surface area (Å²) in [6.45, 7) is 0.400. The average molecular weight is 472 g/mol. The van der Waals surface area contributed by atoms with Gasteiger partial charge in [-0.05, 0) is 53.4 Å². The minimum Gasteiger partial charge on any atom is -0.486 e. The van der Waals surface area contributed by atoms with E-state index in [2.05, 4.69) is 10.3 Å². The number of fused-ring (bicyclic) bond motifs is 2. The number of carbonyl (C=O) groups is 2. The number of para-hydroxylation sites is 1. The number of aliphatic hydroxyl groups is 1. The molecular weight excluding hydrogens is 448 g/mol. The lowest BCUT2D eigenvalue weighted by Gasteiger charge is -2.23. The maximum atomic E-state index is 13.4. The normalized spacial score (nSPS) is 13.4. The summed E-state index contributed by atoms with van der Waals surface area (Å²) in [5.41, 5.74) is 3.63. The number of aliphatic hydroxyl groups excluding tert-OH is 1. The van der Waals surface area contributed by atoms with Crippen LogP contribution in [0.25, 0.3) is 22.0 Å². The molecule has 3 aromatic carbocycles. The van der Waals surface area contributed by atoms with Crippen LogP contribution in [0, 0.1) is 0 Å². The van der Waals surface area contributed by atoms with Crippen molar-refractivity contribution in [3.63, 3.8) is 0 Å². The van der Waals surface area contributed by atoms with E-state index in [1.54, 1.807) is 30.3 Å². The molecule has 0 saturated heterocycles. The Morgan fingerprint density at radius 3 is 2.66 bits per heavy atom. The van der Waals surface area contributed by atoms with Gasteiger partial charge in [0.1, 0.15) is 13.2 Å². The second-order valence-electron chi connectivity index (χ2n) is 8.35. The Balaban J connectivity index is 1.45. The number of carboxylic acids is 1. The van der Waals surface area contributed by atoms with Crippen LogP contribution in [0.1, 0.15) is 26.3 Å². The van der Waals surface area contributed by atoms with Crippen molar-refractivity contribution in [2.75, 3.05) is 19.8 Å². The zero-order valence-corrected chi connectivity index (χ0v) is 18.8. The molecule has 8 nitrogen and oxygen atoms in total. The van der Waals surface area contributed by atoms with Crippen LogP contribution in [-0.2, 0) is 6.42 Å². The molecule has 1 amide bonds. The fourth-order valence-corrected chi connectivity index (χ4v) is 4.31. The highest BCUT2D eigenvalue weighted by Gasteiger charge is 2.25. The molecule has 2 heterocycles. The molecule has 1 aromatic heterocycles. The van der Waals surface area contributed by atoms with Crippen LogP contribution < -0.4 is 14.8 Å². The zero-order valence-electron chi connectivity index (χ0n) is 18.8. The van der Waals surface area contributed by atoms with Crippen molar-refractivity contribution < 1.29 is 29.3 Å². The van der Waals surface area contributed by atoms with Gasteiger partial charge in [-0.25, -0.2) is 4.79 Å². The molecule has 35 heavy (non-hydrogen) atoms. The summed E-state index contributed by atoms with van der Waals surface area (Å²) in [4.78, 5) is 28.0. The number of aromatic amines is 1. The van der Waals surface area contributed by atoms with Gasteiger partial charge in [0.2, 0.25) is 0 Å². The van der Waals surface area contributed by atoms with Gasteiger partial charge >= 0.3 is 5.97 Å². The molecule has 4 N–H and O–H groups in total. The summed E-state index contributed by atoms with van der Waals surface area (Å²) < 4.78 is 11.5. The van der Waals surface area contributed by atoms with E-state index in [-0.39, 0.29) is 17.7 Å². The number of carboxylic acid groups (broad SMARTS) is 1. The summed E-state index contributed by atoms with van der Waals surface area (Å²) in [6.07, 6.45) is 2.32. The summed E-state index contributed by atoms with van der Waals surface area (Å²) in [5, 5.41) is 23.3. The van der Waals surface area contributed by atoms with Gasteiger partial charge in [-0.15, -0.1) is 0 Å². The Bertz CT molecular complexity index is 1410. The lowest BCUT2D eigenvalue weighted by molar-refractivity contribution is 0.0696. The number of rotatable bonds is 7. The SMILES string of the molecule is O=C(O)c1cccc(-c2cc3c(c(C(=O)N[C@@H](CO)Cc4c[nH]c5ccccc45)c2)OCCO3)c1. The maximum Gasteiger partial charge on any atom is 0.335 e. The minimum atomic E-state index is -1.04. The molecule has 0 bridgehead atoms. The number of aromatic nitrogens is 1. The molecule has 0 saturated carbocycles. The third kappa shape index (κ3) is 4.56. The minimum absolute atomic E-state index is 0.141. The van der Waals surface area contributed by atoms with Gasteiger partial charge in [0.25, 0.3) is 5.91 Å². The number of hydrogen-bond donors (Lipinski definition) is 4. The van der Waals surface area contributed by atoms with E-state index in [4.69, 9.17) is 9.47 Å². The molecule has 178 valence electrons. The number of nitrogens with one attached hydrogen (secondary N) is 2. The first-order valence-corrected chi connectivity index (χ1v) is 11.3. The summed E-state index contributed by atoms with van der Waals surface area (Å²) in [7, 11) is 0. The van der Waals surface area contributed by atoms with Crippen LogP contribution >= 0.6 is 0 Å². The molecule has 4 aromatic rings. The summed E-state index contributed by atoms with van der Waals surface area (Å²) in [6, 6.07) is 17.2. The Morgan fingerprint density at radius 1 is 1.00 bits per heavy atom. The molecule has 0 spiro atoms. The number of aromatic carboxylic acids is 1. The quantitative estimate of drug-likeness (QED) is 0.326. The largest absolute Gasteiger partial charge is 0.486 e. The van der Waals surface area contributed by atoms with Crippen LogP contribution in [0.2, 0.25) is 0 Å². The molecule has 1 atom stereocenters. The second-order valence-corrected chi connectivity index (χ2v) is 8.35. The molecule has 0 radical (unpaired) electrons. The molecule has 8 heteroatoms. The Kier molecular flexibility index (Phi) is 6.12. The van der Waals surface area contributed by atoms with Gasteiger partial charge < -0.3 is 30.0 Å². The van der Waals surface area contributed by atoms with Gasteiger partial charge in [-0.1, -0.05) is 30.3 Å². The molecule has 0 aliphatic carbocycles. The number of amides is 1. The van der Waals surface area contributed by atoms with Gasteiger partial charge in [-0.3, -0.25) is 4.79 Å². The fourth-order valence-electron chi connectivity index (χ4n) is 4.31. The first kappa shape index (κ1) is 22.5. The molecule has 5 rings (SSSR count). The first-order chi connectivity index (χ1) is 17.0. The van der Waals surface area contributed by atoms with E-state index >= 15 is 0 Å². The molecule has 1 aliphatic rings. The highest BCUT2D eigenvalue weighted by Crippen LogP contribution is 2.38. The van der Waals surface area contributed by atoms with E-state index < -0.39 is 17.9 Å². The topological polar surface area (TPSA) is 121 Å². The second kappa shape index (κ2) is 9.52. The Morgan fingerprint density at radius 2 is 1.83 bits per heavy atom. The van der Waals surface area contributed by atoms with Gasteiger partial charge in [0.05, 0.1) is 23.8 Å². The third-order valence-electron chi connectivity index (χ3n) is 6.03. The number of carbonyl (C=O) groups excluding carboxylic acids is 1. The van der Waals surface area contributed by atoms with Crippen LogP contribution in [0.15, 0.2) is 66.9 Å². The van der Waals surface area contributed by atoms with Gasteiger partial charge in [0.15, 0.2) is 11.5 Å². The predicted molar refractivity (Wildman–Crippen MR) is 130 cm³/mol. The van der Waals surface area contributed by atoms with Gasteiger partial charge in [0, 0.05) is 17.1 Å². The fraction of sp³-hybridized carbons (Fsp3) is 0.185. The van der Waals surface area contributed by atoms with E-state index in [0.717, 1.165) is 16.5 Å². The van der Waals surface area contributed by atoms with Crippen LogP contribution in [-0.4, -0.2) is 52.9 Å². The highest BCUT2D eigenvalue weighted by atomic mass is 16.6. The van der Waals surface area contributed by atoms with Gasteiger partial charge in [-0.2, -0.15) is 0 Å². The lowest BCUT2D eigenvalue weighted by Crippen LogP contribution is -2.39. The van der Waals surface area contributed by atoms with Crippen molar-refractivity contribution in [2.24, 2.45) is 0 Å². The summed E-state index contributed by atoms with van der Waals surface area (Å²) in [5.74, 6) is -0.709. The monoisotopic (exact) mass is 472 g/mol. The van der Waals surface area contributed by atoms with Crippen molar-refractivity contribution in [3.05, 3.63) is 83.6 Å². The van der Waals surface area contributed by atoms with E-state index in [9.17, 15) is 19.8 Å². The first-order valence-electron chi connectivity index (χ1n) is 11.3.